The first kappa shape index (κ1) is 16.0. The fourth-order valence-corrected chi connectivity index (χ4v) is 3.11. The fourth-order valence-electron chi connectivity index (χ4n) is 3.11. The third-order valence-electron chi connectivity index (χ3n) is 5.45. The van der Waals surface area contributed by atoms with Gasteiger partial charge in [-0.05, 0) is 48.0 Å². The van der Waals surface area contributed by atoms with Crippen molar-refractivity contribution >= 4 is 12.6 Å². The highest BCUT2D eigenvalue weighted by Crippen LogP contribution is 2.36. The van der Waals surface area contributed by atoms with Crippen molar-refractivity contribution in [3.8, 4) is 0 Å². The maximum atomic E-state index is 6.10. The maximum absolute atomic E-state index is 6.10. The largest absolute Gasteiger partial charge is 0.498 e. The van der Waals surface area contributed by atoms with E-state index >= 15 is 0 Å². The number of aromatic nitrogens is 2. The smallest absolute Gasteiger partial charge is 0.399 e. The molecule has 3 rings (SSSR count). The minimum absolute atomic E-state index is 0.304. The zero-order chi connectivity index (χ0) is 16.1. The Labute approximate surface area is 134 Å². The quantitative estimate of drug-likeness (QED) is 0.799. The van der Waals surface area contributed by atoms with Crippen LogP contribution in [-0.2, 0) is 9.31 Å². The lowest BCUT2D eigenvalue weighted by atomic mass is 9.82. The second-order valence-electron chi connectivity index (χ2n) is 7.87. The Bertz CT molecular complexity index is 525. The zero-order valence-corrected chi connectivity index (χ0v) is 14.7. The van der Waals surface area contributed by atoms with Gasteiger partial charge in [0.15, 0.2) is 0 Å². The van der Waals surface area contributed by atoms with Crippen LogP contribution in [0.15, 0.2) is 12.4 Å². The highest BCUT2D eigenvalue weighted by atomic mass is 16.7. The van der Waals surface area contributed by atoms with Gasteiger partial charge in [-0.25, -0.2) is 0 Å². The predicted octanol–water partition coefficient (Wildman–Crippen LogP) is 1.84. The molecule has 1 aromatic rings. The minimum Gasteiger partial charge on any atom is -0.399 e. The SMILES string of the molecule is CC(C)N1CCC(n2cc(B3OC(C)(C)C(C)(C)O3)cn2)C1. The molecule has 0 amide bonds. The third-order valence-corrected chi connectivity index (χ3v) is 5.45. The van der Waals surface area contributed by atoms with Crippen molar-refractivity contribution in [3.05, 3.63) is 12.4 Å². The molecule has 0 aliphatic carbocycles. The van der Waals surface area contributed by atoms with Gasteiger partial charge in [0, 0.05) is 37.0 Å². The van der Waals surface area contributed by atoms with Gasteiger partial charge in [0.05, 0.1) is 17.2 Å². The first-order valence-electron chi connectivity index (χ1n) is 8.33. The predicted molar refractivity (Wildman–Crippen MR) is 88.3 cm³/mol. The van der Waals surface area contributed by atoms with Crippen molar-refractivity contribution in [2.45, 2.75) is 71.2 Å². The fraction of sp³-hybridized carbons (Fsp3) is 0.812. The lowest BCUT2D eigenvalue weighted by molar-refractivity contribution is 0.00578. The highest BCUT2D eigenvalue weighted by Gasteiger charge is 2.52. The maximum Gasteiger partial charge on any atom is 0.498 e. The van der Waals surface area contributed by atoms with Crippen LogP contribution in [-0.4, -0.2) is 52.1 Å². The van der Waals surface area contributed by atoms with Crippen LogP contribution >= 0.6 is 0 Å². The number of likely N-dealkylation sites (tertiary alicyclic amines) is 1. The Morgan fingerprint density at radius 1 is 1.23 bits per heavy atom. The zero-order valence-electron chi connectivity index (χ0n) is 14.7. The van der Waals surface area contributed by atoms with Crippen LogP contribution in [0, 0.1) is 0 Å². The molecule has 0 spiro atoms. The molecule has 2 aliphatic rings. The van der Waals surface area contributed by atoms with Crippen LogP contribution in [0.5, 0.6) is 0 Å². The van der Waals surface area contributed by atoms with Crippen molar-refractivity contribution in [3.63, 3.8) is 0 Å². The number of hydrogen-bond acceptors (Lipinski definition) is 4. The normalized spacial score (nSPS) is 28.0. The third kappa shape index (κ3) is 2.72. The Morgan fingerprint density at radius 3 is 2.41 bits per heavy atom. The number of nitrogens with zero attached hydrogens (tertiary/aromatic N) is 3. The van der Waals surface area contributed by atoms with Gasteiger partial charge in [-0.2, -0.15) is 5.10 Å². The molecule has 122 valence electrons. The summed E-state index contributed by atoms with van der Waals surface area (Å²) in [4.78, 5) is 2.50. The van der Waals surface area contributed by atoms with E-state index in [1.807, 2.05) is 6.20 Å². The van der Waals surface area contributed by atoms with Crippen LogP contribution in [0.25, 0.3) is 0 Å². The number of hydrogen-bond donors (Lipinski definition) is 0. The van der Waals surface area contributed by atoms with Gasteiger partial charge in [-0.1, -0.05) is 0 Å². The minimum atomic E-state index is -0.318. The lowest BCUT2D eigenvalue weighted by Gasteiger charge is -2.32. The van der Waals surface area contributed by atoms with E-state index in [0.29, 0.717) is 12.1 Å². The Kier molecular flexibility index (Phi) is 3.90. The average molecular weight is 305 g/mol. The lowest BCUT2D eigenvalue weighted by Crippen LogP contribution is -2.41. The molecule has 6 heteroatoms. The highest BCUT2D eigenvalue weighted by molar-refractivity contribution is 6.61. The summed E-state index contributed by atoms with van der Waals surface area (Å²) in [6, 6.07) is 1.06. The molecular weight excluding hydrogens is 277 g/mol. The van der Waals surface area contributed by atoms with Crippen LogP contribution in [0.3, 0.4) is 0 Å². The van der Waals surface area contributed by atoms with E-state index in [1.165, 1.54) is 0 Å². The van der Waals surface area contributed by atoms with E-state index in [2.05, 4.69) is 62.4 Å². The summed E-state index contributed by atoms with van der Waals surface area (Å²) in [5.41, 5.74) is 0.407. The van der Waals surface area contributed by atoms with Crippen molar-refractivity contribution in [2.75, 3.05) is 13.1 Å². The topological polar surface area (TPSA) is 39.5 Å². The van der Waals surface area contributed by atoms with E-state index in [-0.39, 0.29) is 18.3 Å². The average Bonchev–Trinajstić information content (AvgIpc) is 3.09. The summed E-state index contributed by atoms with van der Waals surface area (Å²) in [6.07, 6.45) is 5.14. The van der Waals surface area contributed by atoms with Gasteiger partial charge in [-0.15, -0.1) is 0 Å². The molecular formula is C16H28BN3O2. The molecule has 0 bridgehead atoms. The summed E-state index contributed by atoms with van der Waals surface area (Å²) < 4.78 is 14.3. The van der Waals surface area contributed by atoms with E-state index in [0.717, 1.165) is 25.0 Å². The first-order chi connectivity index (χ1) is 10.2. The second kappa shape index (κ2) is 5.36. The molecule has 1 atom stereocenters. The summed E-state index contributed by atoms with van der Waals surface area (Å²) in [5, 5.41) is 4.56. The molecule has 2 fully saturated rings. The monoisotopic (exact) mass is 305 g/mol. The molecule has 5 nitrogen and oxygen atoms in total. The molecule has 22 heavy (non-hydrogen) atoms. The van der Waals surface area contributed by atoms with E-state index in [1.54, 1.807) is 0 Å². The van der Waals surface area contributed by atoms with Gasteiger partial charge in [0.1, 0.15) is 0 Å². The van der Waals surface area contributed by atoms with Crippen LogP contribution in [0.1, 0.15) is 54.0 Å². The summed E-state index contributed by atoms with van der Waals surface area (Å²) in [7, 11) is -0.318. The molecule has 2 saturated heterocycles. The van der Waals surface area contributed by atoms with Crippen LogP contribution in [0.2, 0.25) is 0 Å². The van der Waals surface area contributed by atoms with Gasteiger partial charge in [0.2, 0.25) is 0 Å². The summed E-state index contributed by atoms with van der Waals surface area (Å²) in [5.74, 6) is 0. The standard InChI is InChI=1S/C16H28BN3O2/c1-12(2)19-8-7-14(11-19)20-10-13(9-18-20)17-21-15(3,4)16(5,6)22-17/h9-10,12,14H,7-8,11H2,1-6H3. The molecule has 0 radical (unpaired) electrons. The molecule has 1 aromatic heterocycles. The number of rotatable bonds is 3. The molecule has 3 heterocycles. The van der Waals surface area contributed by atoms with Crippen molar-refractivity contribution in [1.82, 2.24) is 14.7 Å². The van der Waals surface area contributed by atoms with Gasteiger partial charge >= 0.3 is 7.12 Å². The second-order valence-corrected chi connectivity index (χ2v) is 7.87. The summed E-state index contributed by atoms with van der Waals surface area (Å²) in [6.45, 7) is 15.0. The first-order valence-corrected chi connectivity index (χ1v) is 8.33. The molecule has 0 saturated carbocycles. The van der Waals surface area contributed by atoms with Crippen molar-refractivity contribution in [1.29, 1.82) is 0 Å². The van der Waals surface area contributed by atoms with Gasteiger partial charge in [0.25, 0.3) is 0 Å². The Hall–Kier alpha value is -0.845. The van der Waals surface area contributed by atoms with E-state index < -0.39 is 0 Å². The molecule has 2 aliphatic heterocycles. The Balaban J connectivity index is 1.71. The van der Waals surface area contributed by atoms with Crippen LogP contribution in [0.4, 0.5) is 0 Å². The molecule has 0 aromatic carbocycles. The molecule has 1 unspecified atom stereocenters. The van der Waals surface area contributed by atoms with Crippen molar-refractivity contribution in [2.24, 2.45) is 0 Å². The van der Waals surface area contributed by atoms with Crippen molar-refractivity contribution < 1.29 is 9.31 Å². The van der Waals surface area contributed by atoms with Crippen LogP contribution < -0.4 is 5.46 Å². The van der Waals surface area contributed by atoms with E-state index in [9.17, 15) is 0 Å². The molecule has 0 N–H and O–H groups in total. The summed E-state index contributed by atoms with van der Waals surface area (Å²) >= 11 is 0. The van der Waals surface area contributed by atoms with Gasteiger partial charge in [-0.3, -0.25) is 9.58 Å². The van der Waals surface area contributed by atoms with E-state index in [4.69, 9.17) is 9.31 Å². The Morgan fingerprint density at radius 2 is 1.86 bits per heavy atom. The van der Waals surface area contributed by atoms with Gasteiger partial charge < -0.3 is 9.31 Å².